The van der Waals surface area contributed by atoms with Gasteiger partial charge in [-0.25, -0.2) is 0 Å². The van der Waals surface area contributed by atoms with Gasteiger partial charge in [-0.1, -0.05) is 39.0 Å². The van der Waals surface area contributed by atoms with Crippen LogP contribution in [0.25, 0.3) is 10.8 Å². The molecule has 4 rings (SSSR count). The van der Waals surface area contributed by atoms with Crippen LogP contribution in [0.5, 0.6) is 5.75 Å². The Labute approximate surface area is 156 Å². The molecule has 1 aliphatic heterocycles. The molecule has 3 heteroatoms. The van der Waals surface area contributed by atoms with Crippen LogP contribution in [0.15, 0.2) is 36.4 Å². The van der Waals surface area contributed by atoms with Crippen LogP contribution in [0.2, 0.25) is 0 Å². The van der Waals surface area contributed by atoms with E-state index in [1.807, 2.05) is 0 Å². The molecule has 0 atom stereocenters. The normalized spacial score (nSPS) is 25.7. The molecule has 2 N–H and O–H groups in total. The van der Waals surface area contributed by atoms with Gasteiger partial charge in [-0.05, 0) is 71.6 Å². The molecule has 2 aliphatic rings. The van der Waals surface area contributed by atoms with Crippen molar-refractivity contribution in [3.63, 3.8) is 0 Å². The predicted molar refractivity (Wildman–Crippen MR) is 106 cm³/mol. The molecule has 1 saturated carbocycles. The molecule has 0 bridgehead atoms. The molecule has 26 heavy (non-hydrogen) atoms. The molecular weight excluding hydrogens is 322 g/mol. The first-order chi connectivity index (χ1) is 12.3. The largest absolute Gasteiger partial charge is 0.490 e. The lowest BCUT2D eigenvalue weighted by molar-refractivity contribution is -0.0568. The minimum atomic E-state index is -0.310. The minimum Gasteiger partial charge on any atom is -0.490 e. The van der Waals surface area contributed by atoms with E-state index in [9.17, 15) is 0 Å². The van der Waals surface area contributed by atoms with Gasteiger partial charge in [-0.15, -0.1) is 0 Å². The van der Waals surface area contributed by atoms with Crippen LogP contribution in [0.1, 0.15) is 52.0 Å². The highest BCUT2D eigenvalue weighted by Gasteiger charge is 2.36. The quantitative estimate of drug-likeness (QED) is 0.844. The summed E-state index contributed by atoms with van der Waals surface area (Å²) in [7, 11) is 0. The van der Waals surface area contributed by atoms with Crippen molar-refractivity contribution in [3.8, 4) is 5.75 Å². The molecule has 0 amide bonds. The van der Waals surface area contributed by atoms with Crippen molar-refractivity contribution in [2.75, 3.05) is 13.2 Å². The van der Waals surface area contributed by atoms with E-state index in [4.69, 9.17) is 15.2 Å². The fraction of sp³-hybridized carbons (Fsp3) is 0.565. The highest BCUT2D eigenvalue weighted by atomic mass is 16.5. The number of nitrogens with two attached hydrogens (primary N) is 1. The molecule has 2 aromatic carbocycles. The molecular formula is C23H31NO2. The molecule has 2 aromatic rings. The van der Waals surface area contributed by atoms with E-state index in [2.05, 4.69) is 57.2 Å². The van der Waals surface area contributed by atoms with Gasteiger partial charge in [0, 0.05) is 0 Å². The van der Waals surface area contributed by atoms with Crippen molar-refractivity contribution < 1.29 is 9.47 Å². The first kappa shape index (κ1) is 17.8. The Morgan fingerprint density at radius 1 is 0.962 bits per heavy atom. The SMILES string of the molecule is CC(C)(C)[C@H]1CC[C@H](Oc2ccc3cc(C4(N)COC4)ccc3c2)CC1. The lowest BCUT2D eigenvalue weighted by Crippen LogP contribution is -2.54. The summed E-state index contributed by atoms with van der Waals surface area (Å²) in [6, 6.07) is 12.9. The summed E-state index contributed by atoms with van der Waals surface area (Å²) < 4.78 is 11.6. The van der Waals surface area contributed by atoms with Gasteiger partial charge in [-0.2, -0.15) is 0 Å². The number of rotatable bonds is 3. The second-order valence-corrected chi connectivity index (χ2v) is 9.33. The van der Waals surface area contributed by atoms with Crippen molar-refractivity contribution in [1.29, 1.82) is 0 Å². The van der Waals surface area contributed by atoms with E-state index in [0.29, 0.717) is 24.7 Å². The van der Waals surface area contributed by atoms with Gasteiger partial charge in [0.15, 0.2) is 0 Å². The average molecular weight is 354 g/mol. The molecule has 140 valence electrons. The first-order valence-electron chi connectivity index (χ1n) is 9.91. The summed E-state index contributed by atoms with van der Waals surface area (Å²) in [6.45, 7) is 8.29. The topological polar surface area (TPSA) is 44.5 Å². The molecule has 0 spiro atoms. The fourth-order valence-corrected chi connectivity index (χ4v) is 4.33. The van der Waals surface area contributed by atoms with E-state index in [1.54, 1.807) is 0 Å². The Hall–Kier alpha value is -1.58. The van der Waals surface area contributed by atoms with Crippen LogP contribution < -0.4 is 10.5 Å². The van der Waals surface area contributed by atoms with Crippen molar-refractivity contribution >= 4 is 10.8 Å². The predicted octanol–water partition coefficient (Wildman–Crippen LogP) is 5.01. The number of benzene rings is 2. The number of ether oxygens (including phenoxy) is 2. The molecule has 1 saturated heterocycles. The number of fused-ring (bicyclic) bond motifs is 1. The van der Waals surface area contributed by atoms with Gasteiger partial charge in [0.1, 0.15) is 5.75 Å². The average Bonchev–Trinajstić information content (AvgIpc) is 2.59. The maximum atomic E-state index is 6.36. The minimum absolute atomic E-state index is 0.310. The molecule has 3 nitrogen and oxygen atoms in total. The summed E-state index contributed by atoms with van der Waals surface area (Å²) in [5.74, 6) is 1.80. The standard InChI is InChI=1S/C23H31NO2/c1-22(2,3)18-7-10-20(11-8-18)26-21-9-5-16-12-19(6-4-17(16)13-21)23(24)14-25-15-23/h4-6,9,12-13,18,20H,7-8,10-11,14-15,24H2,1-3H3/t18-,20-. The Morgan fingerprint density at radius 3 is 2.23 bits per heavy atom. The summed E-state index contributed by atoms with van der Waals surface area (Å²) in [5, 5.41) is 2.42. The lowest BCUT2D eigenvalue weighted by atomic mass is 9.72. The summed E-state index contributed by atoms with van der Waals surface area (Å²) in [6.07, 6.45) is 5.21. The van der Waals surface area contributed by atoms with E-state index in [0.717, 1.165) is 30.1 Å². The Balaban J connectivity index is 1.44. The smallest absolute Gasteiger partial charge is 0.120 e. The second kappa shape index (κ2) is 6.54. The highest BCUT2D eigenvalue weighted by Crippen LogP contribution is 2.39. The van der Waals surface area contributed by atoms with Gasteiger partial charge in [0.25, 0.3) is 0 Å². The lowest BCUT2D eigenvalue weighted by Gasteiger charge is -2.38. The molecule has 0 aromatic heterocycles. The van der Waals surface area contributed by atoms with Gasteiger partial charge in [0.05, 0.1) is 24.9 Å². The third-order valence-electron chi connectivity index (χ3n) is 6.31. The Morgan fingerprint density at radius 2 is 1.62 bits per heavy atom. The fourth-order valence-electron chi connectivity index (χ4n) is 4.33. The van der Waals surface area contributed by atoms with Gasteiger partial charge >= 0.3 is 0 Å². The molecule has 1 aliphatic carbocycles. The Kier molecular flexibility index (Phi) is 4.48. The Bertz CT molecular complexity index is 780. The van der Waals surface area contributed by atoms with E-state index in [-0.39, 0.29) is 5.54 Å². The van der Waals surface area contributed by atoms with Gasteiger partial charge < -0.3 is 15.2 Å². The summed E-state index contributed by atoms with van der Waals surface area (Å²) in [5.41, 5.74) is 7.62. The highest BCUT2D eigenvalue weighted by molar-refractivity contribution is 5.84. The van der Waals surface area contributed by atoms with Gasteiger partial charge in [-0.3, -0.25) is 0 Å². The summed E-state index contributed by atoms with van der Waals surface area (Å²) in [4.78, 5) is 0. The van der Waals surface area contributed by atoms with Crippen LogP contribution in [0, 0.1) is 11.3 Å². The first-order valence-corrected chi connectivity index (χ1v) is 9.91. The van der Waals surface area contributed by atoms with Crippen LogP contribution in [0.4, 0.5) is 0 Å². The van der Waals surface area contributed by atoms with Crippen molar-refractivity contribution in [1.82, 2.24) is 0 Å². The van der Waals surface area contributed by atoms with Gasteiger partial charge in [0.2, 0.25) is 0 Å². The molecule has 1 heterocycles. The number of hydrogen-bond acceptors (Lipinski definition) is 3. The summed E-state index contributed by atoms with van der Waals surface area (Å²) >= 11 is 0. The van der Waals surface area contributed by atoms with E-state index >= 15 is 0 Å². The molecule has 0 unspecified atom stereocenters. The van der Waals surface area contributed by atoms with Crippen LogP contribution in [-0.2, 0) is 10.3 Å². The van der Waals surface area contributed by atoms with Crippen molar-refractivity contribution in [2.24, 2.45) is 17.1 Å². The third-order valence-corrected chi connectivity index (χ3v) is 6.31. The van der Waals surface area contributed by atoms with Crippen LogP contribution in [0.3, 0.4) is 0 Å². The molecule has 2 fully saturated rings. The molecule has 0 radical (unpaired) electrons. The van der Waals surface area contributed by atoms with E-state index in [1.165, 1.54) is 23.6 Å². The zero-order valence-electron chi connectivity index (χ0n) is 16.3. The van der Waals surface area contributed by atoms with Crippen molar-refractivity contribution in [3.05, 3.63) is 42.0 Å². The zero-order valence-corrected chi connectivity index (χ0v) is 16.3. The second-order valence-electron chi connectivity index (χ2n) is 9.33. The monoisotopic (exact) mass is 353 g/mol. The van der Waals surface area contributed by atoms with Crippen LogP contribution >= 0.6 is 0 Å². The van der Waals surface area contributed by atoms with Crippen molar-refractivity contribution in [2.45, 2.75) is 58.1 Å². The number of hydrogen-bond donors (Lipinski definition) is 1. The maximum absolute atomic E-state index is 6.36. The van der Waals surface area contributed by atoms with Crippen LogP contribution in [-0.4, -0.2) is 19.3 Å². The van der Waals surface area contributed by atoms with E-state index < -0.39 is 0 Å². The maximum Gasteiger partial charge on any atom is 0.120 e. The third kappa shape index (κ3) is 3.47. The zero-order chi connectivity index (χ0) is 18.4.